The van der Waals surface area contributed by atoms with E-state index in [0.29, 0.717) is 37.1 Å². The first kappa shape index (κ1) is 39.9. The summed E-state index contributed by atoms with van der Waals surface area (Å²) in [5, 5.41) is 6.10. The van der Waals surface area contributed by atoms with Crippen molar-refractivity contribution in [3.63, 3.8) is 0 Å². The van der Waals surface area contributed by atoms with E-state index in [9.17, 15) is 0 Å². The van der Waals surface area contributed by atoms with Crippen molar-refractivity contribution in [2.45, 2.75) is 84.2 Å². The Balaban J connectivity index is 0.857. The van der Waals surface area contributed by atoms with E-state index in [1.54, 1.807) is 0 Å². The van der Waals surface area contributed by atoms with Gasteiger partial charge in [-0.2, -0.15) is 10.1 Å². The van der Waals surface area contributed by atoms with E-state index in [-0.39, 0.29) is 0 Å². The smallest absolute Gasteiger partial charge is 0.226 e. The average Bonchev–Trinajstić information content (AvgIpc) is 3.60. The molecule has 0 amide bonds. The van der Waals surface area contributed by atoms with Crippen LogP contribution in [0.4, 0.5) is 5.69 Å². The van der Waals surface area contributed by atoms with Gasteiger partial charge in [-0.25, -0.2) is 0 Å². The monoisotopic (exact) mass is 841 g/mol. The molecule has 58 heavy (non-hydrogen) atoms. The third-order valence-electron chi connectivity index (χ3n) is 12.2. The molecule has 1 unspecified atom stereocenters. The fraction of sp³-hybridized carbons (Fsp3) is 0.388. The first-order valence-electron chi connectivity index (χ1n) is 21.1. The van der Waals surface area contributed by atoms with Crippen molar-refractivity contribution in [1.29, 1.82) is 0 Å². The standard InChI is InChI=1S/C49H56BrN5O3/c1-35(12-10-17-37-20-23-41(24-21-37)58-46-19-11-18-44(50)36(46)2)54-28-30-55(31-29-54)40-22-25-42-45(32-40)53(3)52-48(42)43-26-27-47(56-33-38-13-6-4-7-14-38)51-49(43)57-34-39-15-8-5-9-16-39/h4-9,11,13-16,18-19,22,25-27,32,35,37,41H,10,12,17,20-21,23-24,28-31,33-34H2,1-3H3/t35?,37-,41-. The third kappa shape index (κ3) is 9.70. The molecule has 1 aliphatic carbocycles. The lowest BCUT2D eigenvalue weighted by atomic mass is 9.84. The van der Waals surface area contributed by atoms with Gasteiger partial charge in [0.2, 0.25) is 11.8 Å². The molecule has 0 bridgehead atoms. The average molecular weight is 843 g/mol. The van der Waals surface area contributed by atoms with Gasteiger partial charge in [0.25, 0.3) is 0 Å². The molecule has 6 aromatic rings. The Morgan fingerprint density at radius 3 is 2.21 bits per heavy atom. The van der Waals surface area contributed by atoms with Crippen molar-refractivity contribution in [2.24, 2.45) is 13.0 Å². The minimum Gasteiger partial charge on any atom is -0.490 e. The Hall–Kier alpha value is -4.86. The summed E-state index contributed by atoms with van der Waals surface area (Å²) in [5.74, 6) is 2.88. The second-order valence-electron chi connectivity index (χ2n) is 16.2. The highest BCUT2D eigenvalue weighted by Gasteiger charge is 2.26. The lowest BCUT2D eigenvalue weighted by Crippen LogP contribution is -2.49. The minimum absolute atomic E-state index is 0.346. The number of benzene rings is 4. The first-order valence-corrected chi connectivity index (χ1v) is 21.9. The summed E-state index contributed by atoms with van der Waals surface area (Å²) in [4.78, 5) is 10.1. The summed E-state index contributed by atoms with van der Waals surface area (Å²) in [6.07, 6.45) is 9.15. The number of hydrogen-bond acceptors (Lipinski definition) is 7. The van der Waals surface area contributed by atoms with E-state index in [1.165, 1.54) is 56.2 Å². The van der Waals surface area contributed by atoms with Gasteiger partial charge in [-0.05, 0) is 99.4 Å². The molecule has 302 valence electrons. The van der Waals surface area contributed by atoms with Crippen molar-refractivity contribution < 1.29 is 14.2 Å². The Labute approximate surface area is 352 Å². The van der Waals surface area contributed by atoms with Gasteiger partial charge < -0.3 is 19.1 Å². The molecule has 1 saturated heterocycles. The number of pyridine rings is 1. The summed E-state index contributed by atoms with van der Waals surface area (Å²) in [5.41, 5.74) is 7.38. The summed E-state index contributed by atoms with van der Waals surface area (Å²) in [6.45, 7) is 9.60. The molecule has 0 N–H and O–H groups in total. The van der Waals surface area contributed by atoms with Crippen LogP contribution in [-0.4, -0.2) is 58.0 Å². The zero-order chi connectivity index (χ0) is 39.8. The van der Waals surface area contributed by atoms with Crippen LogP contribution in [0.15, 0.2) is 114 Å². The molecule has 1 atom stereocenters. The van der Waals surface area contributed by atoms with E-state index < -0.39 is 0 Å². The first-order chi connectivity index (χ1) is 28.4. The molecule has 1 aliphatic heterocycles. The molecule has 4 aromatic carbocycles. The summed E-state index contributed by atoms with van der Waals surface area (Å²) in [7, 11) is 2.02. The fourth-order valence-electron chi connectivity index (χ4n) is 8.63. The predicted octanol–water partition coefficient (Wildman–Crippen LogP) is 11.2. The van der Waals surface area contributed by atoms with Crippen LogP contribution in [0.3, 0.4) is 0 Å². The van der Waals surface area contributed by atoms with Gasteiger partial charge in [-0.15, -0.1) is 0 Å². The number of aromatic nitrogens is 3. The number of hydrogen-bond donors (Lipinski definition) is 0. The highest BCUT2D eigenvalue weighted by atomic mass is 79.9. The van der Waals surface area contributed by atoms with Crippen LogP contribution < -0.4 is 19.1 Å². The molecule has 0 radical (unpaired) electrons. The highest BCUT2D eigenvalue weighted by Crippen LogP contribution is 2.37. The van der Waals surface area contributed by atoms with Gasteiger partial charge in [0.05, 0.1) is 17.2 Å². The summed E-state index contributed by atoms with van der Waals surface area (Å²) < 4.78 is 22.0. The molecule has 8 rings (SSSR count). The van der Waals surface area contributed by atoms with Crippen molar-refractivity contribution in [3.8, 4) is 28.8 Å². The lowest BCUT2D eigenvalue weighted by Gasteiger charge is -2.39. The van der Waals surface area contributed by atoms with Crippen LogP contribution in [0.2, 0.25) is 0 Å². The lowest BCUT2D eigenvalue weighted by molar-refractivity contribution is 0.124. The normalized spacial score (nSPS) is 18.0. The third-order valence-corrected chi connectivity index (χ3v) is 13.1. The van der Waals surface area contributed by atoms with Crippen LogP contribution in [-0.2, 0) is 20.3 Å². The van der Waals surface area contributed by atoms with Crippen LogP contribution in [0, 0.1) is 12.8 Å². The van der Waals surface area contributed by atoms with Gasteiger partial charge in [-0.3, -0.25) is 9.58 Å². The van der Waals surface area contributed by atoms with E-state index >= 15 is 0 Å². The zero-order valence-corrected chi connectivity index (χ0v) is 35.7. The van der Waals surface area contributed by atoms with Gasteiger partial charge >= 0.3 is 0 Å². The Morgan fingerprint density at radius 1 is 0.776 bits per heavy atom. The number of nitrogens with zero attached hydrogens (tertiary/aromatic N) is 5. The molecule has 2 fully saturated rings. The fourth-order valence-corrected chi connectivity index (χ4v) is 8.98. The number of rotatable bonds is 15. The van der Waals surface area contributed by atoms with E-state index in [2.05, 4.69) is 88.1 Å². The Bertz CT molecular complexity index is 2250. The van der Waals surface area contributed by atoms with Crippen molar-refractivity contribution in [1.82, 2.24) is 19.7 Å². The largest absolute Gasteiger partial charge is 0.490 e. The molecule has 1 saturated carbocycles. The van der Waals surface area contributed by atoms with Gasteiger partial charge in [0.1, 0.15) is 24.7 Å². The van der Waals surface area contributed by atoms with Gasteiger partial charge in [-0.1, -0.05) is 95.5 Å². The number of piperazine rings is 1. The van der Waals surface area contributed by atoms with E-state index in [4.69, 9.17) is 24.3 Å². The van der Waals surface area contributed by atoms with E-state index in [0.717, 1.165) is 75.6 Å². The van der Waals surface area contributed by atoms with Crippen molar-refractivity contribution in [3.05, 3.63) is 130 Å². The number of halogens is 1. The van der Waals surface area contributed by atoms with E-state index in [1.807, 2.05) is 72.4 Å². The second kappa shape index (κ2) is 18.8. The van der Waals surface area contributed by atoms with Crippen LogP contribution in [0.1, 0.15) is 68.6 Å². The number of aryl methyl sites for hydroxylation is 1. The SMILES string of the molecule is Cc1c(Br)cccc1O[C@H]1CC[C@H](CCCC(C)N2CCN(c3ccc4c(-c5ccc(OCc6ccccc6)nc5OCc5ccccc5)nn(C)c4c3)CC2)CC1. The number of anilines is 1. The molecule has 3 heterocycles. The van der Waals surface area contributed by atoms with Crippen LogP contribution >= 0.6 is 15.9 Å². The minimum atomic E-state index is 0.346. The maximum Gasteiger partial charge on any atom is 0.226 e. The summed E-state index contributed by atoms with van der Waals surface area (Å²) >= 11 is 3.64. The molecule has 8 nitrogen and oxygen atoms in total. The quantitative estimate of drug-likeness (QED) is 0.102. The second-order valence-corrected chi connectivity index (χ2v) is 17.0. The van der Waals surface area contributed by atoms with Crippen LogP contribution in [0.5, 0.6) is 17.5 Å². The topological polar surface area (TPSA) is 64.9 Å². The number of ether oxygens (including phenoxy) is 3. The highest BCUT2D eigenvalue weighted by molar-refractivity contribution is 9.10. The molecular formula is C49H56BrN5O3. The summed E-state index contributed by atoms with van der Waals surface area (Å²) in [6, 6.07) is 37.9. The predicted molar refractivity (Wildman–Crippen MR) is 238 cm³/mol. The number of fused-ring (bicyclic) bond motifs is 1. The molecule has 2 aromatic heterocycles. The van der Waals surface area contributed by atoms with Gasteiger partial charge in [0, 0.05) is 66.4 Å². The maximum atomic E-state index is 6.42. The van der Waals surface area contributed by atoms with Crippen LogP contribution in [0.25, 0.3) is 22.2 Å². The molecule has 9 heteroatoms. The van der Waals surface area contributed by atoms with Gasteiger partial charge in [0.15, 0.2) is 0 Å². The van der Waals surface area contributed by atoms with Crippen molar-refractivity contribution in [2.75, 3.05) is 31.1 Å². The van der Waals surface area contributed by atoms with Crippen molar-refractivity contribution >= 4 is 32.5 Å². The molecule has 2 aliphatic rings. The zero-order valence-electron chi connectivity index (χ0n) is 34.2. The maximum absolute atomic E-state index is 6.42. The Kier molecular flexibility index (Phi) is 13.0. The molecular weight excluding hydrogens is 786 g/mol. The molecule has 0 spiro atoms. The Morgan fingerprint density at radius 2 is 1.48 bits per heavy atom.